The lowest BCUT2D eigenvalue weighted by Crippen LogP contribution is -2.38. The zero-order valence-corrected chi connectivity index (χ0v) is 9.78. The SMILES string of the molecule is COC(=O)NC(=O)CSCC(NC=O)C(=O)O. The number of thioether (sulfide) groups is 1. The number of methoxy groups -OCH3 is 1. The van der Waals surface area contributed by atoms with Crippen molar-refractivity contribution < 1.29 is 29.0 Å². The van der Waals surface area contributed by atoms with E-state index in [1.165, 1.54) is 0 Å². The van der Waals surface area contributed by atoms with E-state index in [-0.39, 0.29) is 17.9 Å². The van der Waals surface area contributed by atoms with Crippen molar-refractivity contribution in [3.63, 3.8) is 0 Å². The van der Waals surface area contributed by atoms with E-state index in [0.717, 1.165) is 18.9 Å². The Hall–Kier alpha value is -1.77. The number of aliphatic carboxylic acids is 1. The topological polar surface area (TPSA) is 122 Å². The third kappa shape index (κ3) is 7.17. The van der Waals surface area contributed by atoms with Gasteiger partial charge in [-0.3, -0.25) is 14.9 Å². The lowest BCUT2D eigenvalue weighted by atomic mass is 10.3. The fraction of sp³-hybridized carbons (Fsp3) is 0.500. The molecule has 0 aromatic heterocycles. The van der Waals surface area contributed by atoms with Crippen molar-refractivity contribution in [3.8, 4) is 0 Å². The molecule has 8 nitrogen and oxygen atoms in total. The number of carbonyl (C=O) groups is 4. The smallest absolute Gasteiger partial charge is 0.413 e. The Morgan fingerprint density at radius 1 is 1.47 bits per heavy atom. The van der Waals surface area contributed by atoms with Gasteiger partial charge in [-0.05, 0) is 0 Å². The Morgan fingerprint density at radius 3 is 2.59 bits per heavy atom. The molecule has 3 amide bonds. The Labute approximate surface area is 101 Å². The summed E-state index contributed by atoms with van der Waals surface area (Å²) in [5.74, 6) is -1.89. The molecule has 0 aromatic carbocycles. The molecule has 1 atom stereocenters. The number of carboxylic acid groups (broad SMARTS) is 1. The summed E-state index contributed by atoms with van der Waals surface area (Å²) in [5, 5.41) is 12.6. The molecule has 0 aliphatic carbocycles. The van der Waals surface area contributed by atoms with E-state index in [4.69, 9.17) is 5.11 Å². The highest BCUT2D eigenvalue weighted by atomic mass is 32.2. The van der Waals surface area contributed by atoms with Crippen LogP contribution in [0.15, 0.2) is 0 Å². The minimum atomic E-state index is -1.20. The minimum absolute atomic E-state index is 0.0165. The van der Waals surface area contributed by atoms with E-state index >= 15 is 0 Å². The molecule has 0 saturated carbocycles. The molecule has 0 fully saturated rings. The highest BCUT2D eigenvalue weighted by Crippen LogP contribution is 2.02. The predicted molar refractivity (Wildman–Crippen MR) is 58.5 cm³/mol. The molecule has 0 spiro atoms. The second kappa shape index (κ2) is 8.39. The third-order valence-electron chi connectivity index (χ3n) is 1.51. The molecule has 9 heteroatoms. The molecule has 17 heavy (non-hydrogen) atoms. The van der Waals surface area contributed by atoms with E-state index in [9.17, 15) is 19.2 Å². The Morgan fingerprint density at radius 2 is 2.12 bits per heavy atom. The van der Waals surface area contributed by atoms with Gasteiger partial charge in [0.05, 0.1) is 12.9 Å². The number of ether oxygens (including phenoxy) is 1. The van der Waals surface area contributed by atoms with E-state index in [1.807, 2.05) is 5.32 Å². The standard InChI is InChI=1S/C8H12N2O6S/c1-16-8(15)10-6(12)3-17-2-5(7(13)14)9-4-11/h4-5H,2-3H2,1H3,(H,9,11)(H,13,14)(H,10,12,15). The maximum Gasteiger partial charge on any atom is 0.413 e. The maximum absolute atomic E-state index is 11.1. The number of rotatable bonds is 7. The summed E-state index contributed by atoms with van der Waals surface area (Å²) in [6.45, 7) is 0. The average Bonchev–Trinajstić information content (AvgIpc) is 2.27. The molecule has 0 heterocycles. The number of hydrogen-bond donors (Lipinski definition) is 3. The summed E-state index contributed by atoms with van der Waals surface area (Å²) in [7, 11) is 1.12. The molecule has 0 bridgehead atoms. The predicted octanol–water partition coefficient (Wildman–Crippen LogP) is -1.20. The van der Waals surface area contributed by atoms with Crippen molar-refractivity contribution in [3.05, 3.63) is 0 Å². The van der Waals surface area contributed by atoms with Gasteiger partial charge in [-0.25, -0.2) is 9.59 Å². The number of alkyl carbamates (subject to hydrolysis) is 1. The van der Waals surface area contributed by atoms with Crippen LogP contribution in [-0.2, 0) is 19.1 Å². The Balaban J connectivity index is 3.87. The van der Waals surface area contributed by atoms with Gasteiger partial charge in [0.15, 0.2) is 0 Å². The summed E-state index contributed by atoms with van der Waals surface area (Å²) in [6, 6.07) is -1.07. The number of imide groups is 1. The van der Waals surface area contributed by atoms with E-state index < -0.39 is 24.0 Å². The number of nitrogens with one attached hydrogen (secondary N) is 2. The van der Waals surface area contributed by atoms with Crippen LogP contribution in [0.1, 0.15) is 0 Å². The first kappa shape index (κ1) is 15.2. The first-order valence-corrected chi connectivity index (χ1v) is 5.54. The van der Waals surface area contributed by atoms with Gasteiger partial charge >= 0.3 is 12.1 Å². The van der Waals surface area contributed by atoms with Crippen molar-refractivity contribution >= 4 is 36.1 Å². The molecule has 0 radical (unpaired) electrons. The van der Waals surface area contributed by atoms with E-state index in [1.54, 1.807) is 0 Å². The molecule has 3 N–H and O–H groups in total. The molecular formula is C8H12N2O6S. The van der Waals surface area contributed by atoms with Crippen molar-refractivity contribution in [1.29, 1.82) is 0 Å². The molecule has 96 valence electrons. The number of carbonyl (C=O) groups excluding carboxylic acids is 3. The maximum atomic E-state index is 11.1. The van der Waals surface area contributed by atoms with Crippen molar-refractivity contribution in [2.75, 3.05) is 18.6 Å². The summed E-state index contributed by atoms with van der Waals surface area (Å²) < 4.78 is 4.19. The van der Waals surface area contributed by atoms with Gasteiger partial charge in [0.25, 0.3) is 0 Å². The summed E-state index contributed by atoms with van der Waals surface area (Å²) in [5.41, 5.74) is 0. The zero-order valence-electron chi connectivity index (χ0n) is 8.97. The van der Waals surface area contributed by atoms with Crippen LogP contribution in [0.25, 0.3) is 0 Å². The Bertz CT molecular complexity index is 308. The molecule has 1 unspecified atom stereocenters. The van der Waals surface area contributed by atoms with Gasteiger partial charge < -0.3 is 15.2 Å². The Kier molecular flexibility index (Phi) is 7.52. The van der Waals surface area contributed by atoms with Crippen LogP contribution < -0.4 is 10.6 Å². The van der Waals surface area contributed by atoms with Gasteiger partial charge in [-0.2, -0.15) is 0 Å². The largest absolute Gasteiger partial charge is 0.480 e. The number of hydrogen-bond acceptors (Lipinski definition) is 6. The molecule has 0 aliphatic heterocycles. The van der Waals surface area contributed by atoms with Crippen LogP contribution >= 0.6 is 11.8 Å². The van der Waals surface area contributed by atoms with Gasteiger partial charge in [0.1, 0.15) is 6.04 Å². The normalized spacial score (nSPS) is 11.1. The van der Waals surface area contributed by atoms with Gasteiger partial charge in [-0.15, -0.1) is 11.8 Å². The lowest BCUT2D eigenvalue weighted by Gasteiger charge is -2.09. The van der Waals surface area contributed by atoms with E-state index in [0.29, 0.717) is 0 Å². The van der Waals surface area contributed by atoms with Crippen molar-refractivity contribution in [1.82, 2.24) is 10.6 Å². The molecule has 0 aliphatic rings. The first-order chi connectivity index (χ1) is 8.01. The second-order valence-corrected chi connectivity index (χ2v) is 3.76. The summed E-state index contributed by atoms with van der Waals surface area (Å²) in [6.07, 6.45) is -0.607. The van der Waals surface area contributed by atoms with Crippen LogP contribution in [0, 0.1) is 0 Å². The van der Waals surface area contributed by atoms with Gasteiger partial charge in [-0.1, -0.05) is 0 Å². The van der Waals surface area contributed by atoms with Gasteiger partial charge in [0, 0.05) is 5.75 Å². The fourth-order valence-corrected chi connectivity index (χ4v) is 1.59. The third-order valence-corrected chi connectivity index (χ3v) is 2.55. The zero-order chi connectivity index (χ0) is 13.3. The highest BCUT2D eigenvalue weighted by molar-refractivity contribution is 8.00. The van der Waals surface area contributed by atoms with E-state index in [2.05, 4.69) is 10.1 Å². The number of carboxylic acids is 1. The lowest BCUT2D eigenvalue weighted by molar-refractivity contribution is -0.139. The monoisotopic (exact) mass is 264 g/mol. The van der Waals surface area contributed by atoms with Crippen molar-refractivity contribution in [2.24, 2.45) is 0 Å². The van der Waals surface area contributed by atoms with Crippen LogP contribution in [0.3, 0.4) is 0 Å². The fourth-order valence-electron chi connectivity index (χ4n) is 0.743. The van der Waals surface area contributed by atoms with Crippen LogP contribution in [0.4, 0.5) is 4.79 Å². The van der Waals surface area contributed by atoms with Crippen molar-refractivity contribution in [2.45, 2.75) is 6.04 Å². The average molecular weight is 264 g/mol. The molecule has 0 rings (SSSR count). The molecule has 0 saturated heterocycles. The minimum Gasteiger partial charge on any atom is -0.480 e. The van der Waals surface area contributed by atoms with Crippen LogP contribution in [0.5, 0.6) is 0 Å². The molecular weight excluding hydrogens is 252 g/mol. The van der Waals surface area contributed by atoms with Crippen LogP contribution in [-0.4, -0.2) is 54.1 Å². The summed E-state index contributed by atoms with van der Waals surface area (Å²) >= 11 is 0.968. The van der Waals surface area contributed by atoms with Gasteiger partial charge in [0.2, 0.25) is 12.3 Å². The summed E-state index contributed by atoms with van der Waals surface area (Å²) in [4.78, 5) is 42.3. The number of amides is 3. The second-order valence-electron chi connectivity index (χ2n) is 2.73. The first-order valence-electron chi connectivity index (χ1n) is 4.39. The quantitative estimate of drug-likeness (QED) is 0.494. The molecule has 0 aromatic rings. The highest BCUT2D eigenvalue weighted by Gasteiger charge is 2.17. The van der Waals surface area contributed by atoms with Crippen LogP contribution in [0.2, 0.25) is 0 Å².